The second kappa shape index (κ2) is 24.5. The number of aliphatic hydroxyl groups is 2. The Kier molecular flexibility index (Phi) is 26.3. The van der Waals surface area contributed by atoms with E-state index in [0.717, 1.165) is 0 Å². The van der Waals surface area contributed by atoms with Crippen molar-refractivity contribution in [1.82, 2.24) is 0 Å². The normalized spacial score (nSPS) is 38.3. The molecule has 294 valence electrons. The minimum atomic E-state index is -3.66. The van der Waals surface area contributed by atoms with Crippen molar-refractivity contribution < 1.29 is 145 Å². The minimum Gasteiger partial charge on any atom is -0.546 e. The summed E-state index contributed by atoms with van der Waals surface area (Å²) in [6.07, 6.45) is -6.34. The summed E-state index contributed by atoms with van der Waals surface area (Å²) in [5.41, 5.74) is 0. The van der Waals surface area contributed by atoms with Gasteiger partial charge in [0.25, 0.3) is 0 Å². The van der Waals surface area contributed by atoms with Crippen LogP contribution in [-0.4, -0.2) is 102 Å². The second-order valence-electron chi connectivity index (χ2n) is 13.1. The maximum Gasteiger partial charge on any atom is 0.386 e. The molecule has 0 aromatic carbocycles. The molecule has 21 heteroatoms. The predicted octanol–water partition coefficient (Wildman–Crippen LogP) is 5.21. The molecule has 50 heavy (non-hydrogen) atoms. The summed E-state index contributed by atoms with van der Waals surface area (Å²) >= 11 is 9.03. The van der Waals surface area contributed by atoms with E-state index in [1.54, 1.807) is 20.8 Å². The third kappa shape index (κ3) is 15.4. The summed E-state index contributed by atoms with van der Waals surface area (Å²) in [5, 5.41) is 18.4. The Morgan fingerprint density at radius 2 is 1.32 bits per heavy atom. The van der Waals surface area contributed by atoms with Gasteiger partial charge in [0.05, 0.1) is 74.8 Å². The van der Waals surface area contributed by atoms with Crippen molar-refractivity contribution in [2.75, 3.05) is 19.8 Å². The molecular formula is C29H54F2O12P2S3Th2-2. The molecule has 12 nitrogen and oxygen atoms in total. The van der Waals surface area contributed by atoms with Gasteiger partial charge in [0.1, 0.15) is 12.3 Å². The quantitative estimate of drug-likeness (QED) is 0.103. The summed E-state index contributed by atoms with van der Waals surface area (Å²) in [6, 6.07) is 0. The van der Waals surface area contributed by atoms with Crippen LogP contribution < -0.4 is 0 Å². The van der Waals surface area contributed by atoms with Crippen molar-refractivity contribution >= 4 is 51.1 Å². The third-order valence-electron chi connectivity index (χ3n) is 8.83. The molecule has 0 aromatic rings. The Balaban J connectivity index is 0.000000907. The number of hydrogen-bond acceptors (Lipinski definition) is 12. The van der Waals surface area contributed by atoms with E-state index in [4.69, 9.17) is 54.0 Å². The van der Waals surface area contributed by atoms with Crippen molar-refractivity contribution in [1.29, 1.82) is 0 Å². The summed E-state index contributed by atoms with van der Waals surface area (Å²) in [7, 11) is 0. The van der Waals surface area contributed by atoms with E-state index < -0.39 is 80.8 Å². The van der Waals surface area contributed by atoms with E-state index in [1.165, 1.54) is 13.2 Å². The van der Waals surface area contributed by atoms with Crippen LogP contribution in [0.5, 0.6) is 0 Å². The Hall–Kier alpha value is 3.65. The van der Waals surface area contributed by atoms with Crippen molar-refractivity contribution in [2.24, 2.45) is 23.7 Å². The first-order chi connectivity index (χ1) is 21.9. The molecule has 0 radical (unpaired) electrons. The summed E-state index contributed by atoms with van der Waals surface area (Å²) < 4.78 is 84.2. The van der Waals surface area contributed by atoms with E-state index in [9.17, 15) is 23.3 Å². The number of thiol groups is 1. The van der Waals surface area contributed by atoms with Crippen molar-refractivity contribution in [2.45, 2.75) is 129 Å². The molecule has 0 spiro atoms. The van der Waals surface area contributed by atoms with Gasteiger partial charge in [-0.25, -0.2) is 26.6 Å². The molecule has 15 atom stereocenters. The standard InChI is InChI=1S/C15H27FO6PS.C14H25FO6PS.H2S.2Th/c1-8(2)13-14(16)9(3)20-15(13)10(4)21-23(18,24)22-11-5-6-19-12(11)7-17;1-8(2)13-12(20-9(3)14(13)15)7-19-22(17,23)21-10-4-5-18-11(10)6-16;;;/h6,8-15,17H,5,7H2,1-4H3,(H,18,24);5,8-14,16H,4,6-7H2,1-3H3,(H,17,23);1H2;;/q2*-1;;;/t9-,10-,11?,12+,13+,14+,15+,23?;9-,10?,11+,12+,13-,14+,22?;;;/m00.../s1. The average molecular weight is 1250 g/mol. The van der Waals surface area contributed by atoms with E-state index in [0.29, 0.717) is 12.8 Å². The molecule has 3 N–H and O–H groups in total. The second-order valence-corrected chi connectivity index (χ2v) is 18.7. The van der Waals surface area contributed by atoms with Crippen LogP contribution in [0.25, 0.3) is 0 Å². The number of hydrogen-bond donors (Lipinski definition) is 4. The first kappa shape index (κ1) is 53.6. The largest absolute Gasteiger partial charge is 0.546 e. The minimum absolute atomic E-state index is 0. The molecular weight excluding hydrogens is 1200 g/mol. The molecule has 4 fully saturated rings. The van der Waals surface area contributed by atoms with Crippen LogP contribution in [0.1, 0.15) is 61.3 Å². The average Bonchev–Trinajstić information content (AvgIpc) is 3.74. The molecule has 4 unspecified atom stereocenters. The molecule has 4 aliphatic heterocycles. The third-order valence-corrected chi connectivity index (χ3v) is 12.1. The molecule has 0 aliphatic carbocycles. The number of ether oxygens (including phenoxy) is 4. The molecule has 0 bridgehead atoms. The molecule has 4 aliphatic rings. The van der Waals surface area contributed by atoms with Gasteiger partial charge >= 0.3 is 13.5 Å². The van der Waals surface area contributed by atoms with Crippen molar-refractivity contribution in [3.8, 4) is 0 Å². The zero-order valence-corrected chi connectivity index (χ0v) is 42.1. The molecule has 4 heterocycles. The van der Waals surface area contributed by atoms with Gasteiger partial charge in [-0.2, -0.15) is 13.5 Å². The molecule has 4 rings (SSSR count). The summed E-state index contributed by atoms with van der Waals surface area (Å²) in [4.78, 5) is 10.4. The van der Waals surface area contributed by atoms with Crippen LogP contribution >= 0.6 is 39.3 Å². The van der Waals surface area contributed by atoms with Gasteiger partial charge in [0.2, 0.25) is 0 Å². The maximum atomic E-state index is 14.4. The van der Waals surface area contributed by atoms with Crippen LogP contribution in [0.4, 0.5) is 8.78 Å². The SMILES string of the molecule is CC(C)[C@@H]1[C@H](F)[C@H](C)O[C@@H]1COP(=O)(S)OC1C[CH-]O[C@@H]1CO.CC(C)[C@@H]1[C@H](F)[C@H](C)O[C@@H]1[C@H](C)OP(O)(=S)OC1C[CH-]O[C@@H]1CO.S.[Th].[Th]. The van der Waals surface area contributed by atoms with Gasteiger partial charge in [0.15, 0.2) is 0 Å². The first-order valence-corrected chi connectivity index (χ1v) is 21.3. The van der Waals surface area contributed by atoms with Crippen LogP contribution in [0.15, 0.2) is 0 Å². The summed E-state index contributed by atoms with van der Waals surface area (Å²) in [6.45, 7) is 7.97. The molecule has 0 amide bonds. The zero-order chi connectivity index (χ0) is 35.3. The van der Waals surface area contributed by atoms with Crippen LogP contribution in [0, 0.1) is 117 Å². The Morgan fingerprint density at radius 3 is 1.80 bits per heavy atom. The zero-order valence-electron chi connectivity index (χ0n) is 29.4. The van der Waals surface area contributed by atoms with Gasteiger partial charge < -0.3 is 43.1 Å². The summed E-state index contributed by atoms with van der Waals surface area (Å²) in [5.74, 6) is -0.527. The van der Waals surface area contributed by atoms with Gasteiger partial charge in [-0.3, -0.25) is 9.05 Å². The molecule has 0 saturated carbocycles. The first-order valence-electron chi connectivity index (χ1n) is 16.0. The van der Waals surface area contributed by atoms with Gasteiger partial charge in [-0.05, 0) is 44.4 Å². The van der Waals surface area contributed by atoms with Crippen LogP contribution in [-0.2, 0) is 53.4 Å². The Morgan fingerprint density at radius 1 is 0.860 bits per heavy atom. The Bertz CT molecular complexity index is 1080. The van der Waals surface area contributed by atoms with Crippen LogP contribution in [0.2, 0.25) is 0 Å². The van der Waals surface area contributed by atoms with Crippen molar-refractivity contribution in [3.63, 3.8) is 0 Å². The maximum absolute atomic E-state index is 14.4. The number of rotatable bonds is 14. The van der Waals surface area contributed by atoms with Gasteiger partial charge in [-0.15, -0.1) is 12.8 Å². The molecule has 0 aromatic heterocycles. The Labute approximate surface area is 377 Å². The topological polar surface area (TPSA) is 152 Å². The smallest absolute Gasteiger partial charge is 0.386 e. The monoisotopic (exact) mass is 1250 g/mol. The van der Waals surface area contributed by atoms with Crippen molar-refractivity contribution in [3.05, 3.63) is 13.2 Å². The van der Waals surface area contributed by atoms with E-state index in [-0.39, 0.29) is 137 Å². The van der Waals surface area contributed by atoms with Crippen LogP contribution in [0.3, 0.4) is 0 Å². The fraction of sp³-hybridized carbons (Fsp3) is 0.931. The van der Waals surface area contributed by atoms with E-state index in [1.807, 2.05) is 27.7 Å². The van der Waals surface area contributed by atoms with E-state index in [2.05, 4.69) is 12.2 Å². The number of alkyl halides is 2. The predicted molar refractivity (Wildman–Crippen MR) is 187 cm³/mol. The fourth-order valence-electron chi connectivity index (χ4n) is 6.39. The van der Waals surface area contributed by atoms with Gasteiger partial charge in [-0.1, -0.05) is 39.9 Å². The van der Waals surface area contributed by atoms with E-state index >= 15 is 0 Å². The number of halogens is 2. The van der Waals surface area contributed by atoms with Gasteiger partial charge in [0, 0.05) is 91.7 Å². The fourth-order valence-corrected chi connectivity index (χ4v) is 9.81. The number of aliphatic hydroxyl groups excluding tert-OH is 2. The molecule has 4 saturated heterocycles.